The molecule has 32 heavy (non-hydrogen) atoms. The van der Waals surface area contributed by atoms with Crippen molar-refractivity contribution in [2.75, 3.05) is 10.0 Å². The van der Waals surface area contributed by atoms with Crippen LogP contribution in [0.5, 0.6) is 0 Å². The van der Waals surface area contributed by atoms with E-state index in [1.165, 1.54) is 6.07 Å². The number of anilines is 2. The van der Waals surface area contributed by atoms with Crippen molar-refractivity contribution in [2.45, 2.75) is 57.9 Å². The number of carbonyl (C=O) groups is 1. The van der Waals surface area contributed by atoms with Crippen LogP contribution in [-0.4, -0.2) is 24.1 Å². The molecule has 7 nitrogen and oxygen atoms in total. The molecule has 0 radical (unpaired) electrons. The quantitative estimate of drug-likeness (QED) is 0.540. The average Bonchev–Trinajstić information content (AvgIpc) is 3.15. The maximum Gasteiger partial charge on any atom is 0.262 e. The van der Waals surface area contributed by atoms with Crippen molar-refractivity contribution in [1.82, 2.24) is 9.78 Å². The molecule has 3 rings (SSSR count). The molecule has 0 spiro atoms. The maximum absolute atomic E-state index is 13.1. The van der Waals surface area contributed by atoms with E-state index in [9.17, 15) is 13.2 Å². The number of sulfonamides is 1. The highest BCUT2D eigenvalue weighted by Gasteiger charge is 2.22. The maximum atomic E-state index is 13.1. The Hall–Kier alpha value is -3.13. The van der Waals surface area contributed by atoms with Crippen molar-refractivity contribution in [2.24, 2.45) is 0 Å². The summed E-state index contributed by atoms with van der Waals surface area (Å²) >= 11 is 0. The largest absolute Gasteiger partial charge is 0.307 e. The Morgan fingerprint density at radius 3 is 2.44 bits per heavy atom. The van der Waals surface area contributed by atoms with Crippen LogP contribution >= 0.6 is 0 Å². The Morgan fingerprint density at radius 1 is 1.06 bits per heavy atom. The summed E-state index contributed by atoms with van der Waals surface area (Å²) in [5.74, 6) is 0.227. The Morgan fingerprint density at radius 2 is 1.78 bits per heavy atom. The van der Waals surface area contributed by atoms with Gasteiger partial charge in [0.05, 0.1) is 11.1 Å². The number of nitrogens with one attached hydrogen (secondary N) is 2. The molecule has 0 bridgehead atoms. The molecule has 0 aliphatic heterocycles. The van der Waals surface area contributed by atoms with Crippen molar-refractivity contribution in [1.29, 1.82) is 0 Å². The highest BCUT2D eigenvalue weighted by molar-refractivity contribution is 7.92. The zero-order valence-electron chi connectivity index (χ0n) is 19.3. The second-order valence-electron chi connectivity index (χ2n) is 9.13. The lowest BCUT2D eigenvalue weighted by Crippen LogP contribution is -2.19. The number of nitrogens with zero attached hydrogens (tertiary/aromatic N) is 2. The number of aryl methyl sites for hydroxylation is 1. The predicted octanol–water partition coefficient (Wildman–Crippen LogP) is 5.12. The fourth-order valence-corrected chi connectivity index (χ4v) is 4.62. The molecule has 2 N–H and O–H groups in total. The summed E-state index contributed by atoms with van der Waals surface area (Å²) < 4.78 is 30.6. The van der Waals surface area contributed by atoms with Gasteiger partial charge in [-0.2, -0.15) is 5.10 Å². The lowest BCUT2D eigenvalue weighted by atomic mass is 9.87. The van der Waals surface area contributed by atoms with Gasteiger partial charge in [-0.15, -0.1) is 0 Å². The molecule has 0 unspecified atom stereocenters. The summed E-state index contributed by atoms with van der Waals surface area (Å²) in [5.41, 5.74) is 2.05. The van der Waals surface area contributed by atoms with Crippen LogP contribution in [0.4, 0.5) is 11.5 Å². The molecule has 0 aliphatic rings. The molecule has 3 aromatic rings. The van der Waals surface area contributed by atoms with Gasteiger partial charge in [0.1, 0.15) is 5.82 Å². The van der Waals surface area contributed by atoms with E-state index in [0.717, 1.165) is 5.56 Å². The van der Waals surface area contributed by atoms with Crippen LogP contribution in [0.1, 0.15) is 62.1 Å². The molecule has 0 atom stereocenters. The molecule has 0 saturated heterocycles. The second kappa shape index (κ2) is 8.78. The fourth-order valence-electron chi connectivity index (χ4n) is 3.30. The molecule has 1 aromatic heterocycles. The van der Waals surface area contributed by atoms with Gasteiger partial charge in [0, 0.05) is 23.4 Å². The molecular weight excluding hydrogens is 424 g/mol. The zero-order valence-corrected chi connectivity index (χ0v) is 20.1. The van der Waals surface area contributed by atoms with Gasteiger partial charge in [-0.1, -0.05) is 39.0 Å². The first-order chi connectivity index (χ1) is 14.9. The Kier molecular flexibility index (Phi) is 6.46. The van der Waals surface area contributed by atoms with Crippen LogP contribution in [0, 0.1) is 6.92 Å². The van der Waals surface area contributed by atoms with E-state index in [1.54, 1.807) is 48.1 Å². The number of rotatable bonds is 6. The standard InChI is InChI=1S/C24H30N4O3S/c1-16(2)28-22(12-13-25-28)26-23(29)18-8-7-9-20(14-18)27-32(30,31)21-15-19(24(4,5)6)11-10-17(21)3/h7-16,27H,1-6H3,(H,26,29). The third-order valence-corrected chi connectivity index (χ3v) is 6.64. The van der Waals surface area contributed by atoms with Gasteiger partial charge in [-0.25, -0.2) is 13.1 Å². The SMILES string of the molecule is Cc1ccc(C(C)(C)C)cc1S(=O)(=O)Nc1cccc(C(=O)Nc2ccnn2C(C)C)c1. The van der Waals surface area contributed by atoms with E-state index in [1.807, 2.05) is 46.8 Å². The van der Waals surface area contributed by atoms with E-state index in [-0.39, 0.29) is 22.3 Å². The van der Waals surface area contributed by atoms with Crippen molar-refractivity contribution in [3.63, 3.8) is 0 Å². The monoisotopic (exact) mass is 454 g/mol. The summed E-state index contributed by atoms with van der Waals surface area (Å²) in [7, 11) is -3.83. The normalized spacial score (nSPS) is 12.1. The fraction of sp³-hybridized carbons (Fsp3) is 0.333. The molecule has 1 amide bonds. The van der Waals surface area contributed by atoms with E-state index >= 15 is 0 Å². The number of hydrogen-bond acceptors (Lipinski definition) is 4. The Labute approximate surface area is 189 Å². The topological polar surface area (TPSA) is 93.1 Å². The minimum Gasteiger partial charge on any atom is -0.307 e. The highest BCUT2D eigenvalue weighted by Crippen LogP contribution is 2.28. The van der Waals surface area contributed by atoms with Crippen molar-refractivity contribution >= 4 is 27.4 Å². The first kappa shape index (κ1) is 23.5. The third-order valence-electron chi connectivity index (χ3n) is 5.12. The molecular formula is C24H30N4O3S. The van der Waals surface area contributed by atoms with Crippen molar-refractivity contribution < 1.29 is 13.2 Å². The van der Waals surface area contributed by atoms with Crippen LogP contribution in [0.3, 0.4) is 0 Å². The summed E-state index contributed by atoms with van der Waals surface area (Å²) in [6, 6.07) is 13.7. The molecule has 0 saturated carbocycles. The van der Waals surface area contributed by atoms with Gasteiger partial charge < -0.3 is 5.32 Å². The first-order valence-electron chi connectivity index (χ1n) is 10.5. The second-order valence-corrected chi connectivity index (χ2v) is 10.8. The number of benzene rings is 2. The Bertz CT molecular complexity index is 1240. The third kappa shape index (κ3) is 5.19. The summed E-state index contributed by atoms with van der Waals surface area (Å²) in [6.07, 6.45) is 1.62. The highest BCUT2D eigenvalue weighted by atomic mass is 32.2. The average molecular weight is 455 g/mol. The van der Waals surface area contributed by atoms with Crippen LogP contribution in [-0.2, 0) is 15.4 Å². The molecule has 0 fully saturated rings. The summed E-state index contributed by atoms with van der Waals surface area (Å²) in [5, 5.41) is 7.03. The molecule has 0 aliphatic carbocycles. The minimum atomic E-state index is -3.83. The van der Waals surface area contributed by atoms with Crippen molar-refractivity contribution in [3.05, 3.63) is 71.4 Å². The smallest absolute Gasteiger partial charge is 0.262 e. The summed E-state index contributed by atoms with van der Waals surface area (Å²) in [4.78, 5) is 13.0. The molecule has 170 valence electrons. The molecule has 2 aromatic carbocycles. The molecule has 1 heterocycles. The van der Waals surface area contributed by atoms with Crippen LogP contribution < -0.4 is 10.0 Å². The number of carbonyl (C=O) groups excluding carboxylic acids is 1. The van der Waals surface area contributed by atoms with E-state index in [2.05, 4.69) is 15.1 Å². The molecule has 8 heteroatoms. The first-order valence-corrected chi connectivity index (χ1v) is 12.0. The van der Waals surface area contributed by atoms with Gasteiger partial charge >= 0.3 is 0 Å². The van der Waals surface area contributed by atoms with Crippen LogP contribution in [0.15, 0.2) is 59.6 Å². The van der Waals surface area contributed by atoms with Gasteiger partial charge in [0.15, 0.2) is 0 Å². The van der Waals surface area contributed by atoms with Gasteiger partial charge in [-0.3, -0.25) is 9.52 Å². The van der Waals surface area contributed by atoms with E-state index < -0.39 is 10.0 Å². The lowest BCUT2D eigenvalue weighted by molar-refractivity contribution is 0.102. The van der Waals surface area contributed by atoms with Gasteiger partial charge in [0.2, 0.25) is 0 Å². The zero-order chi connectivity index (χ0) is 23.7. The number of hydrogen-bond donors (Lipinski definition) is 2. The van der Waals surface area contributed by atoms with Crippen molar-refractivity contribution in [3.8, 4) is 0 Å². The van der Waals surface area contributed by atoms with Gasteiger partial charge in [-0.05, 0) is 61.6 Å². The summed E-state index contributed by atoms with van der Waals surface area (Å²) in [6.45, 7) is 11.8. The number of amides is 1. The Balaban J connectivity index is 1.86. The van der Waals surface area contributed by atoms with E-state index in [4.69, 9.17) is 0 Å². The van der Waals surface area contributed by atoms with Crippen LogP contribution in [0.2, 0.25) is 0 Å². The number of aromatic nitrogens is 2. The minimum absolute atomic E-state index is 0.0885. The van der Waals surface area contributed by atoms with Gasteiger partial charge in [0.25, 0.3) is 15.9 Å². The van der Waals surface area contributed by atoms with Crippen LogP contribution in [0.25, 0.3) is 0 Å². The predicted molar refractivity (Wildman–Crippen MR) is 128 cm³/mol. The van der Waals surface area contributed by atoms with E-state index in [0.29, 0.717) is 22.6 Å². The lowest BCUT2D eigenvalue weighted by Gasteiger charge is -2.21.